The summed E-state index contributed by atoms with van der Waals surface area (Å²) in [6.45, 7) is 2.59. The van der Waals surface area contributed by atoms with E-state index in [0.717, 1.165) is 0 Å². The molecule has 0 amide bonds. The number of ether oxygens (including phenoxy) is 2. The molecule has 10 heteroatoms. The summed E-state index contributed by atoms with van der Waals surface area (Å²) in [4.78, 5) is 0. The highest BCUT2D eigenvalue weighted by molar-refractivity contribution is 7.92. The highest BCUT2D eigenvalue weighted by Crippen LogP contribution is 2.10. The predicted octanol–water partition coefficient (Wildman–Crippen LogP) is -1.69. The molecule has 118 valence electrons. The van der Waals surface area contributed by atoms with Gasteiger partial charge >= 0.3 is 0 Å². The Morgan fingerprint density at radius 1 is 0.650 bits per heavy atom. The average Bonchev–Trinajstić information content (AvgIpc) is 2.47. The number of morpholine rings is 2. The predicted molar refractivity (Wildman–Crippen MR) is 72.4 cm³/mol. The molecule has 0 N–H and O–H groups in total. The minimum Gasteiger partial charge on any atom is -0.379 e. The zero-order chi connectivity index (χ0) is 14.6. The van der Waals surface area contributed by atoms with Gasteiger partial charge in [-0.15, -0.1) is 0 Å². The molecule has 2 saturated heterocycles. The lowest BCUT2D eigenvalue weighted by Gasteiger charge is -2.28. The lowest BCUT2D eigenvalue weighted by atomic mass is 10.5. The fourth-order valence-corrected chi connectivity index (χ4v) is 5.73. The first kappa shape index (κ1) is 16.1. The van der Waals surface area contributed by atoms with Gasteiger partial charge in [0.1, 0.15) is 0 Å². The van der Waals surface area contributed by atoms with Crippen molar-refractivity contribution in [2.75, 3.05) is 64.1 Å². The molecule has 0 aliphatic carbocycles. The molecule has 0 saturated carbocycles. The van der Waals surface area contributed by atoms with Crippen molar-refractivity contribution in [1.29, 1.82) is 0 Å². The van der Waals surface area contributed by atoms with Crippen LogP contribution in [-0.2, 0) is 29.5 Å². The first-order chi connectivity index (χ1) is 9.42. The second-order valence-corrected chi connectivity index (χ2v) is 8.83. The zero-order valence-corrected chi connectivity index (χ0v) is 12.9. The summed E-state index contributed by atoms with van der Waals surface area (Å²) in [7, 11) is -7.08. The Balaban J connectivity index is 1.92. The average molecular weight is 328 g/mol. The molecule has 8 nitrogen and oxygen atoms in total. The second-order valence-electron chi connectivity index (χ2n) is 4.65. The van der Waals surface area contributed by atoms with E-state index >= 15 is 0 Å². The van der Waals surface area contributed by atoms with Crippen molar-refractivity contribution in [1.82, 2.24) is 8.61 Å². The largest absolute Gasteiger partial charge is 0.379 e. The van der Waals surface area contributed by atoms with Gasteiger partial charge in [-0.3, -0.25) is 0 Å². The monoisotopic (exact) mass is 328 g/mol. The summed E-state index contributed by atoms with van der Waals surface area (Å²) in [6, 6.07) is 0. The number of sulfonamides is 2. The first-order valence-corrected chi connectivity index (χ1v) is 9.75. The maximum absolute atomic E-state index is 12.1. The molecule has 2 aliphatic heterocycles. The van der Waals surface area contributed by atoms with Crippen LogP contribution in [-0.4, -0.2) is 89.6 Å². The molecular weight excluding hydrogens is 308 g/mol. The molecule has 0 aromatic heterocycles. The van der Waals surface area contributed by atoms with Crippen molar-refractivity contribution in [3.05, 3.63) is 0 Å². The van der Waals surface area contributed by atoms with Crippen LogP contribution in [0.3, 0.4) is 0 Å². The smallest absolute Gasteiger partial charge is 0.215 e. The van der Waals surface area contributed by atoms with E-state index in [4.69, 9.17) is 9.47 Å². The molecule has 0 spiro atoms. The first-order valence-electron chi connectivity index (χ1n) is 6.53. The van der Waals surface area contributed by atoms with Crippen LogP contribution in [0.5, 0.6) is 0 Å². The van der Waals surface area contributed by atoms with Gasteiger partial charge in [-0.05, 0) is 0 Å². The number of hydrogen-bond donors (Lipinski definition) is 0. The molecule has 0 bridgehead atoms. The third-order valence-electron chi connectivity index (χ3n) is 3.33. The van der Waals surface area contributed by atoms with Gasteiger partial charge in [0, 0.05) is 26.2 Å². The van der Waals surface area contributed by atoms with Crippen molar-refractivity contribution in [3.8, 4) is 0 Å². The van der Waals surface area contributed by atoms with E-state index in [0.29, 0.717) is 52.6 Å². The molecule has 20 heavy (non-hydrogen) atoms. The normalized spacial score (nSPS) is 23.8. The van der Waals surface area contributed by atoms with E-state index in [9.17, 15) is 16.8 Å². The Morgan fingerprint density at radius 3 is 1.25 bits per heavy atom. The second kappa shape index (κ2) is 6.67. The third-order valence-corrected chi connectivity index (χ3v) is 7.33. The molecule has 0 unspecified atom stereocenters. The van der Waals surface area contributed by atoms with Crippen LogP contribution in [0, 0.1) is 0 Å². The summed E-state index contributed by atoms with van der Waals surface area (Å²) in [6.07, 6.45) is 0. The molecule has 2 heterocycles. The van der Waals surface area contributed by atoms with Gasteiger partial charge in [-0.2, -0.15) is 8.61 Å². The van der Waals surface area contributed by atoms with E-state index in [1.807, 2.05) is 0 Å². The van der Waals surface area contributed by atoms with Crippen LogP contribution < -0.4 is 0 Å². The quantitative estimate of drug-likeness (QED) is 0.598. The fraction of sp³-hybridized carbons (Fsp3) is 1.00. The van der Waals surface area contributed by atoms with Crippen LogP contribution in [0.2, 0.25) is 0 Å². The minimum atomic E-state index is -3.54. The Hall–Kier alpha value is -0.260. The molecule has 0 aromatic carbocycles. The van der Waals surface area contributed by atoms with Crippen LogP contribution in [0.15, 0.2) is 0 Å². The van der Waals surface area contributed by atoms with Crippen molar-refractivity contribution >= 4 is 20.0 Å². The molecule has 2 rings (SSSR count). The highest BCUT2D eigenvalue weighted by atomic mass is 32.2. The summed E-state index contributed by atoms with van der Waals surface area (Å²) in [5.41, 5.74) is 0. The third kappa shape index (κ3) is 4.12. The molecule has 0 atom stereocenters. The standard InChI is InChI=1S/C10H20N2O6S2/c13-19(14,11-1-5-17-6-2-11)9-10-20(15,16)12-3-7-18-8-4-12/h1-10H2. The van der Waals surface area contributed by atoms with E-state index in [2.05, 4.69) is 0 Å². The Bertz CT molecular complexity index is 458. The number of nitrogens with zero attached hydrogens (tertiary/aromatic N) is 2. The van der Waals surface area contributed by atoms with Gasteiger partial charge < -0.3 is 9.47 Å². The van der Waals surface area contributed by atoms with Gasteiger partial charge in [-0.1, -0.05) is 0 Å². The summed E-state index contributed by atoms with van der Waals surface area (Å²) >= 11 is 0. The Labute approximate surface area is 119 Å². The molecular formula is C10H20N2O6S2. The minimum absolute atomic E-state index is 0.292. The topological polar surface area (TPSA) is 93.2 Å². The van der Waals surface area contributed by atoms with Gasteiger partial charge in [0.25, 0.3) is 0 Å². The molecule has 0 radical (unpaired) electrons. The van der Waals surface area contributed by atoms with E-state index < -0.39 is 20.0 Å². The van der Waals surface area contributed by atoms with Crippen LogP contribution in [0.1, 0.15) is 0 Å². The van der Waals surface area contributed by atoms with Gasteiger partial charge in [-0.25, -0.2) is 16.8 Å². The lowest BCUT2D eigenvalue weighted by molar-refractivity contribution is 0.0725. The number of hydrogen-bond acceptors (Lipinski definition) is 6. The fourth-order valence-electron chi connectivity index (χ4n) is 2.12. The van der Waals surface area contributed by atoms with E-state index in [1.165, 1.54) is 8.61 Å². The molecule has 2 aliphatic rings. The van der Waals surface area contributed by atoms with Crippen LogP contribution in [0.25, 0.3) is 0 Å². The molecule has 2 fully saturated rings. The maximum atomic E-state index is 12.1. The zero-order valence-electron chi connectivity index (χ0n) is 11.2. The highest BCUT2D eigenvalue weighted by Gasteiger charge is 2.29. The van der Waals surface area contributed by atoms with Crippen molar-refractivity contribution in [3.63, 3.8) is 0 Å². The van der Waals surface area contributed by atoms with Crippen molar-refractivity contribution in [2.24, 2.45) is 0 Å². The summed E-state index contributed by atoms with van der Waals surface area (Å²) in [5, 5.41) is 0. The number of rotatable bonds is 5. The molecule has 0 aromatic rings. The maximum Gasteiger partial charge on any atom is 0.215 e. The SMILES string of the molecule is O=S(=O)(CCS(=O)(=O)N1CCOCC1)N1CCOCC1. The van der Waals surface area contributed by atoms with Gasteiger partial charge in [0.05, 0.1) is 37.9 Å². The Kier molecular flexibility index (Phi) is 5.37. The Morgan fingerprint density at radius 2 is 0.950 bits per heavy atom. The van der Waals surface area contributed by atoms with Crippen LogP contribution >= 0.6 is 0 Å². The lowest BCUT2D eigenvalue weighted by Crippen LogP contribution is -2.45. The van der Waals surface area contributed by atoms with Crippen molar-refractivity contribution < 1.29 is 26.3 Å². The van der Waals surface area contributed by atoms with E-state index in [1.54, 1.807) is 0 Å². The van der Waals surface area contributed by atoms with Crippen molar-refractivity contribution in [2.45, 2.75) is 0 Å². The van der Waals surface area contributed by atoms with Crippen LogP contribution in [0.4, 0.5) is 0 Å². The van der Waals surface area contributed by atoms with Gasteiger partial charge in [0.15, 0.2) is 0 Å². The summed E-state index contributed by atoms with van der Waals surface area (Å²) in [5.74, 6) is -0.765. The van der Waals surface area contributed by atoms with E-state index in [-0.39, 0.29) is 11.5 Å². The summed E-state index contributed by atoms with van der Waals surface area (Å²) < 4.78 is 61.1. The van der Waals surface area contributed by atoms with Gasteiger partial charge in [0.2, 0.25) is 20.0 Å².